The van der Waals surface area contributed by atoms with Crippen LogP contribution in [0.15, 0.2) is 46.9 Å². The quantitative estimate of drug-likeness (QED) is 0.758. The van der Waals surface area contributed by atoms with Crippen molar-refractivity contribution in [1.29, 1.82) is 0 Å². The van der Waals surface area contributed by atoms with E-state index in [-0.39, 0.29) is 5.82 Å². The lowest BCUT2D eigenvalue weighted by Crippen LogP contribution is -2.14. The largest absolute Gasteiger partial charge is 0.457 e. The highest BCUT2D eigenvalue weighted by Crippen LogP contribution is 2.27. The van der Waals surface area contributed by atoms with Gasteiger partial charge >= 0.3 is 0 Å². The molecule has 0 radical (unpaired) electrons. The summed E-state index contributed by atoms with van der Waals surface area (Å²) in [6.07, 6.45) is 1.04. The van der Waals surface area contributed by atoms with Crippen LogP contribution in [0.2, 0.25) is 0 Å². The van der Waals surface area contributed by atoms with Gasteiger partial charge in [-0.25, -0.2) is 4.39 Å². The number of nitrogens with one attached hydrogen (secondary N) is 1. The molecule has 106 valence electrons. The Labute approximate surface area is 127 Å². The molecule has 0 aliphatic carbocycles. The second kappa shape index (κ2) is 7.41. The Morgan fingerprint density at radius 3 is 2.60 bits per heavy atom. The van der Waals surface area contributed by atoms with Crippen LogP contribution in [0.5, 0.6) is 11.5 Å². The van der Waals surface area contributed by atoms with Crippen LogP contribution < -0.4 is 10.1 Å². The molecule has 0 saturated carbocycles. The van der Waals surface area contributed by atoms with Crippen LogP contribution in [-0.4, -0.2) is 6.54 Å². The third-order valence-corrected chi connectivity index (χ3v) is 3.33. The van der Waals surface area contributed by atoms with Crippen molar-refractivity contribution in [2.24, 2.45) is 0 Å². The summed E-state index contributed by atoms with van der Waals surface area (Å²) in [5.41, 5.74) is 0.821. The van der Waals surface area contributed by atoms with Crippen LogP contribution in [0.4, 0.5) is 4.39 Å². The molecule has 2 rings (SSSR count). The van der Waals surface area contributed by atoms with Gasteiger partial charge in [-0.1, -0.05) is 22.9 Å². The van der Waals surface area contributed by atoms with E-state index in [4.69, 9.17) is 4.74 Å². The van der Waals surface area contributed by atoms with Crippen LogP contribution in [-0.2, 0) is 6.54 Å². The smallest absolute Gasteiger partial charge is 0.132 e. The Bertz CT molecular complexity index is 557. The van der Waals surface area contributed by atoms with Crippen LogP contribution >= 0.6 is 15.9 Å². The molecule has 0 bridgehead atoms. The number of rotatable bonds is 6. The highest BCUT2D eigenvalue weighted by Gasteiger charge is 2.06. The topological polar surface area (TPSA) is 21.3 Å². The molecule has 0 atom stereocenters. The summed E-state index contributed by atoms with van der Waals surface area (Å²) in [6.45, 7) is 3.59. The number of ether oxygens (including phenoxy) is 1. The monoisotopic (exact) mass is 337 g/mol. The van der Waals surface area contributed by atoms with Gasteiger partial charge in [-0.2, -0.15) is 0 Å². The highest BCUT2D eigenvalue weighted by molar-refractivity contribution is 9.10. The number of halogens is 2. The van der Waals surface area contributed by atoms with Crippen LogP contribution in [0.25, 0.3) is 0 Å². The van der Waals surface area contributed by atoms with Gasteiger partial charge in [0.1, 0.15) is 17.3 Å². The van der Waals surface area contributed by atoms with E-state index in [0.29, 0.717) is 12.3 Å². The second-order valence-corrected chi connectivity index (χ2v) is 5.40. The molecule has 2 aromatic carbocycles. The Balaban J connectivity index is 2.15. The SMILES string of the molecule is CCCNCc1cc(F)ccc1Oc1ccc(Br)cc1. The summed E-state index contributed by atoms with van der Waals surface area (Å²) in [5.74, 6) is 1.16. The first-order valence-corrected chi connectivity index (χ1v) is 7.41. The van der Waals surface area contributed by atoms with E-state index < -0.39 is 0 Å². The van der Waals surface area contributed by atoms with Gasteiger partial charge in [-0.3, -0.25) is 0 Å². The predicted octanol–water partition coefficient (Wildman–Crippen LogP) is 4.88. The summed E-state index contributed by atoms with van der Waals surface area (Å²) < 4.78 is 20.2. The molecule has 0 heterocycles. The van der Waals surface area contributed by atoms with Crippen molar-refractivity contribution in [3.05, 3.63) is 58.3 Å². The minimum Gasteiger partial charge on any atom is -0.457 e. The lowest BCUT2D eigenvalue weighted by molar-refractivity contribution is 0.470. The molecule has 2 nitrogen and oxygen atoms in total. The molecular weight excluding hydrogens is 321 g/mol. The van der Waals surface area contributed by atoms with Gasteiger partial charge in [-0.15, -0.1) is 0 Å². The second-order valence-electron chi connectivity index (χ2n) is 4.48. The summed E-state index contributed by atoms with van der Waals surface area (Å²) in [7, 11) is 0. The lowest BCUT2D eigenvalue weighted by atomic mass is 10.2. The molecule has 2 aromatic rings. The molecule has 0 aliphatic heterocycles. The van der Waals surface area contributed by atoms with E-state index in [9.17, 15) is 4.39 Å². The Hall–Kier alpha value is -1.39. The van der Waals surface area contributed by atoms with Gasteiger partial charge in [0.2, 0.25) is 0 Å². The van der Waals surface area contributed by atoms with Gasteiger partial charge in [0, 0.05) is 16.6 Å². The van der Waals surface area contributed by atoms with Gasteiger partial charge in [0.15, 0.2) is 0 Å². The molecule has 20 heavy (non-hydrogen) atoms. The zero-order valence-corrected chi connectivity index (χ0v) is 12.9. The van der Waals surface area contributed by atoms with E-state index in [2.05, 4.69) is 28.2 Å². The maximum atomic E-state index is 13.4. The standard InChI is InChI=1S/C16H17BrFNO/c1-2-9-19-11-12-10-14(18)5-8-16(12)20-15-6-3-13(17)4-7-15/h3-8,10,19H,2,9,11H2,1H3. The maximum Gasteiger partial charge on any atom is 0.132 e. The highest BCUT2D eigenvalue weighted by atomic mass is 79.9. The first-order chi connectivity index (χ1) is 9.69. The van der Waals surface area contributed by atoms with E-state index in [0.717, 1.165) is 28.8 Å². The van der Waals surface area contributed by atoms with Crippen molar-refractivity contribution < 1.29 is 9.13 Å². The summed E-state index contributed by atoms with van der Waals surface area (Å²) in [6, 6.07) is 12.2. The van der Waals surface area contributed by atoms with Crippen molar-refractivity contribution in [1.82, 2.24) is 5.32 Å². The van der Waals surface area contributed by atoms with Crippen molar-refractivity contribution >= 4 is 15.9 Å². The first kappa shape index (κ1) is 15.0. The molecule has 1 N–H and O–H groups in total. The molecule has 0 aromatic heterocycles. The number of hydrogen-bond donors (Lipinski definition) is 1. The van der Waals surface area contributed by atoms with Crippen molar-refractivity contribution in [2.75, 3.05) is 6.54 Å². The van der Waals surface area contributed by atoms with Crippen LogP contribution in [0.3, 0.4) is 0 Å². The molecule has 0 fully saturated rings. The zero-order valence-electron chi connectivity index (χ0n) is 11.3. The molecule has 0 saturated heterocycles. The normalized spacial score (nSPS) is 10.6. The fraction of sp³-hybridized carbons (Fsp3) is 0.250. The predicted molar refractivity (Wildman–Crippen MR) is 82.6 cm³/mol. The number of benzene rings is 2. The fourth-order valence-corrected chi connectivity index (χ4v) is 2.08. The van der Waals surface area contributed by atoms with Crippen LogP contribution in [0, 0.1) is 5.82 Å². The molecule has 0 aliphatic rings. The van der Waals surface area contributed by atoms with Crippen molar-refractivity contribution in [3.63, 3.8) is 0 Å². The van der Waals surface area contributed by atoms with Crippen LogP contribution in [0.1, 0.15) is 18.9 Å². The molecule has 0 unspecified atom stereocenters. The zero-order chi connectivity index (χ0) is 14.4. The van der Waals surface area contributed by atoms with E-state index in [1.54, 1.807) is 6.07 Å². The molecule has 4 heteroatoms. The average Bonchev–Trinajstić information content (AvgIpc) is 2.44. The van der Waals surface area contributed by atoms with E-state index >= 15 is 0 Å². The third kappa shape index (κ3) is 4.32. The maximum absolute atomic E-state index is 13.4. The van der Waals surface area contributed by atoms with Gasteiger partial charge < -0.3 is 10.1 Å². The van der Waals surface area contributed by atoms with Gasteiger partial charge in [0.25, 0.3) is 0 Å². The van der Waals surface area contributed by atoms with E-state index in [1.165, 1.54) is 12.1 Å². The minimum atomic E-state index is -0.249. The Kier molecular flexibility index (Phi) is 5.56. The van der Waals surface area contributed by atoms with Gasteiger partial charge in [-0.05, 0) is 55.4 Å². The molecule has 0 amide bonds. The summed E-state index contributed by atoms with van der Waals surface area (Å²) in [5, 5.41) is 3.26. The van der Waals surface area contributed by atoms with Crippen molar-refractivity contribution in [2.45, 2.75) is 19.9 Å². The fourth-order valence-electron chi connectivity index (χ4n) is 1.82. The third-order valence-electron chi connectivity index (χ3n) is 2.81. The Morgan fingerprint density at radius 1 is 1.15 bits per heavy atom. The van der Waals surface area contributed by atoms with E-state index in [1.807, 2.05) is 24.3 Å². The average molecular weight is 338 g/mol. The van der Waals surface area contributed by atoms with Gasteiger partial charge in [0.05, 0.1) is 0 Å². The first-order valence-electron chi connectivity index (χ1n) is 6.61. The summed E-state index contributed by atoms with van der Waals surface area (Å²) >= 11 is 3.38. The lowest BCUT2D eigenvalue weighted by Gasteiger charge is -2.12. The molecule has 0 spiro atoms. The number of hydrogen-bond acceptors (Lipinski definition) is 2. The minimum absolute atomic E-state index is 0.249. The Morgan fingerprint density at radius 2 is 1.90 bits per heavy atom. The molecular formula is C16H17BrFNO. The summed E-state index contributed by atoms with van der Waals surface area (Å²) in [4.78, 5) is 0. The van der Waals surface area contributed by atoms with Crippen molar-refractivity contribution in [3.8, 4) is 11.5 Å².